The molecule has 2 heterocycles. The van der Waals surface area contributed by atoms with Gasteiger partial charge in [0, 0.05) is 23.2 Å². The Labute approximate surface area is 190 Å². The molecule has 2 aromatic carbocycles. The van der Waals surface area contributed by atoms with Gasteiger partial charge in [0.25, 0.3) is 5.91 Å². The highest BCUT2D eigenvalue weighted by atomic mass is 16.2. The van der Waals surface area contributed by atoms with Crippen molar-refractivity contribution in [1.29, 1.82) is 0 Å². The molecular formula is C23H24N8O2. The van der Waals surface area contributed by atoms with Crippen molar-refractivity contribution in [1.82, 2.24) is 40.8 Å². The first-order chi connectivity index (χ1) is 16.0. The summed E-state index contributed by atoms with van der Waals surface area (Å²) < 4.78 is 1.77. The third-order valence-electron chi connectivity index (χ3n) is 4.99. The molecule has 0 saturated heterocycles. The normalized spacial score (nSPS) is 10.7. The Morgan fingerprint density at radius 3 is 2.39 bits per heavy atom. The third-order valence-corrected chi connectivity index (χ3v) is 4.99. The standard InChI is InChI=1S/C23H24N8O2/c1-16-14-17(2)30(27-16)13-12-21(32)24-26-23(33)20-10-8-18(9-11-20)15-31-28-22(25-29-31)19-6-4-3-5-7-19/h3-11,14H,12-13,15H2,1-2H3,(H,24,32)(H,26,33). The number of aromatic nitrogens is 6. The van der Waals surface area contributed by atoms with E-state index < -0.39 is 5.91 Å². The van der Waals surface area contributed by atoms with Gasteiger partial charge in [-0.05, 0) is 42.8 Å². The Morgan fingerprint density at radius 2 is 1.70 bits per heavy atom. The quantitative estimate of drug-likeness (QED) is 0.421. The van der Waals surface area contributed by atoms with E-state index in [1.165, 1.54) is 4.80 Å². The van der Waals surface area contributed by atoms with Gasteiger partial charge in [-0.1, -0.05) is 42.5 Å². The van der Waals surface area contributed by atoms with Crippen LogP contribution in [0.5, 0.6) is 0 Å². The molecule has 2 N–H and O–H groups in total. The van der Waals surface area contributed by atoms with E-state index in [1.54, 1.807) is 16.8 Å². The maximum atomic E-state index is 12.3. The van der Waals surface area contributed by atoms with Crippen LogP contribution in [0.25, 0.3) is 11.4 Å². The van der Waals surface area contributed by atoms with Gasteiger partial charge in [0.15, 0.2) is 0 Å². The summed E-state index contributed by atoms with van der Waals surface area (Å²) in [4.78, 5) is 25.9. The summed E-state index contributed by atoms with van der Waals surface area (Å²) in [5.41, 5.74) is 9.00. The smallest absolute Gasteiger partial charge is 0.269 e. The predicted molar refractivity (Wildman–Crippen MR) is 121 cm³/mol. The first-order valence-corrected chi connectivity index (χ1v) is 10.5. The van der Waals surface area contributed by atoms with Gasteiger partial charge in [0.05, 0.1) is 18.8 Å². The fourth-order valence-corrected chi connectivity index (χ4v) is 3.31. The van der Waals surface area contributed by atoms with Gasteiger partial charge in [0.2, 0.25) is 11.7 Å². The average molecular weight is 444 g/mol. The lowest BCUT2D eigenvalue weighted by atomic mass is 10.1. The molecular weight excluding hydrogens is 420 g/mol. The number of hydrogen-bond acceptors (Lipinski definition) is 6. The highest BCUT2D eigenvalue weighted by Crippen LogP contribution is 2.12. The van der Waals surface area contributed by atoms with Crippen LogP contribution in [-0.2, 0) is 17.9 Å². The molecule has 0 bridgehead atoms. The summed E-state index contributed by atoms with van der Waals surface area (Å²) in [6.45, 7) is 4.70. The summed E-state index contributed by atoms with van der Waals surface area (Å²) in [7, 11) is 0. The molecule has 0 atom stereocenters. The number of amides is 2. The third kappa shape index (κ3) is 5.67. The van der Waals surface area contributed by atoms with Gasteiger partial charge in [-0.2, -0.15) is 9.90 Å². The molecule has 2 amide bonds. The van der Waals surface area contributed by atoms with Crippen molar-refractivity contribution in [3.8, 4) is 11.4 Å². The van der Waals surface area contributed by atoms with E-state index in [1.807, 2.05) is 62.4 Å². The first-order valence-electron chi connectivity index (χ1n) is 10.5. The van der Waals surface area contributed by atoms with Crippen LogP contribution in [0.4, 0.5) is 0 Å². The summed E-state index contributed by atoms with van der Waals surface area (Å²) in [6, 6.07) is 18.6. The van der Waals surface area contributed by atoms with Crippen LogP contribution in [0.15, 0.2) is 60.7 Å². The van der Waals surface area contributed by atoms with Crippen LogP contribution < -0.4 is 10.9 Å². The highest BCUT2D eigenvalue weighted by molar-refractivity contribution is 5.95. The molecule has 0 aliphatic carbocycles. The average Bonchev–Trinajstić information content (AvgIpc) is 3.42. The largest absolute Gasteiger partial charge is 0.273 e. The van der Waals surface area contributed by atoms with Crippen LogP contribution in [0.2, 0.25) is 0 Å². The number of aryl methyl sites for hydroxylation is 3. The zero-order chi connectivity index (χ0) is 23.2. The van der Waals surface area contributed by atoms with Crippen molar-refractivity contribution in [3.05, 3.63) is 83.2 Å². The maximum Gasteiger partial charge on any atom is 0.269 e. The SMILES string of the molecule is Cc1cc(C)n(CCC(=O)NNC(=O)c2ccc(Cn3nnc(-c4ccccc4)n3)cc2)n1. The zero-order valence-electron chi connectivity index (χ0n) is 18.4. The van der Waals surface area contributed by atoms with Gasteiger partial charge in [-0.3, -0.25) is 25.1 Å². The Kier molecular flexibility index (Phi) is 6.53. The molecule has 4 rings (SSSR count). The number of carbonyl (C=O) groups excluding carboxylic acids is 2. The number of carbonyl (C=O) groups is 2. The highest BCUT2D eigenvalue weighted by Gasteiger charge is 2.10. The number of tetrazole rings is 1. The Balaban J connectivity index is 1.26. The minimum absolute atomic E-state index is 0.205. The Bertz CT molecular complexity index is 1250. The van der Waals surface area contributed by atoms with Gasteiger partial charge in [-0.25, -0.2) is 0 Å². The van der Waals surface area contributed by atoms with E-state index in [9.17, 15) is 9.59 Å². The van der Waals surface area contributed by atoms with Crippen molar-refractivity contribution in [2.45, 2.75) is 33.4 Å². The van der Waals surface area contributed by atoms with Crippen molar-refractivity contribution < 1.29 is 9.59 Å². The fraction of sp³-hybridized carbons (Fsp3) is 0.217. The van der Waals surface area contributed by atoms with Gasteiger partial charge in [-0.15, -0.1) is 10.2 Å². The van der Waals surface area contributed by atoms with Crippen molar-refractivity contribution in [2.75, 3.05) is 0 Å². The number of rotatable bonds is 7. The summed E-state index contributed by atoms with van der Waals surface area (Å²) in [5, 5.41) is 16.9. The van der Waals surface area contributed by atoms with Crippen LogP contribution in [0.3, 0.4) is 0 Å². The predicted octanol–water partition coefficient (Wildman–Crippen LogP) is 2.05. The van der Waals surface area contributed by atoms with Crippen molar-refractivity contribution in [2.24, 2.45) is 0 Å². The van der Waals surface area contributed by atoms with E-state index >= 15 is 0 Å². The van der Waals surface area contributed by atoms with Crippen LogP contribution >= 0.6 is 0 Å². The van der Waals surface area contributed by atoms with Gasteiger partial charge in [0.1, 0.15) is 0 Å². The molecule has 10 nitrogen and oxygen atoms in total. The van der Waals surface area contributed by atoms with Gasteiger partial charge >= 0.3 is 0 Å². The van der Waals surface area contributed by atoms with E-state index in [4.69, 9.17) is 0 Å². The molecule has 0 aliphatic heterocycles. The lowest BCUT2D eigenvalue weighted by molar-refractivity contribution is -0.122. The summed E-state index contributed by atoms with van der Waals surface area (Å²) in [6.07, 6.45) is 0.205. The molecule has 0 saturated carbocycles. The molecule has 0 aliphatic rings. The number of hydrogen-bond donors (Lipinski definition) is 2. The lowest BCUT2D eigenvalue weighted by Crippen LogP contribution is -2.41. The first kappa shape index (κ1) is 21.9. The van der Waals surface area contributed by atoms with Crippen molar-refractivity contribution in [3.63, 3.8) is 0 Å². The molecule has 0 fully saturated rings. The molecule has 0 spiro atoms. The number of hydrazine groups is 1. The molecule has 33 heavy (non-hydrogen) atoms. The minimum atomic E-state index is -0.397. The molecule has 0 radical (unpaired) electrons. The second-order valence-corrected chi connectivity index (χ2v) is 7.61. The maximum absolute atomic E-state index is 12.3. The Morgan fingerprint density at radius 1 is 0.939 bits per heavy atom. The summed E-state index contributed by atoms with van der Waals surface area (Å²) >= 11 is 0. The minimum Gasteiger partial charge on any atom is -0.273 e. The molecule has 10 heteroatoms. The lowest BCUT2D eigenvalue weighted by Gasteiger charge is -2.09. The second kappa shape index (κ2) is 9.86. The van der Waals surface area contributed by atoms with E-state index in [0.717, 1.165) is 22.5 Å². The van der Waals surface area contributed by atoms with Crippen LogP contribution in [0, 0.1) is 13.8 Å². The second-order valence-electron chi connectivity index (χ2n) is 7.61. The molecule has 168 valence electrons. The number of nitrogens with zero attached hydrogens (tertiary/aromatic N) is 6. The van der Waals surface area contributed by atoms with Crippen molar-refractivity contribution >= 4 is 11.8 Å². The van der Waals surface area contributed by atoms with Gasteiger partial charge < -0.3 is 0 Å². The van der Waals surface area contributed by atoms with E-state index in [2.05, 4.69) is 31.4 Å². The zero-order valence-corrected chi connectivity index (χ0v) is 18.4. The topological polar surface area (TPSA) is 120 Å². The van der Waals surface area contributed by atoms with E-state index in [0.29, 0.717) is 24.5 Å². The van der Waals surface area contributed by atoms with Crippen LogP contribution in [-0.4, -0.2) is 41.8 Å². The monoisotopic (exact) mass is 444 g/mol. The van der Waals surface area contributed by atoms with Crippen LogP contribution in [0.1, 0.15) is 33.7 Å². The van der Waals surface area contributed by atoms with E-state index in [-0.39, 0.29) is 12.3 Å². The Hall–Kier alpha value is -4.34. The molecule has 2 aromatic heterocycles. The number of benzene rings is 2. The fourth-order valence-electron chi connectivity index (χ4n) is 3.31. The number of nitrogens with one attached hydrogen (secondary N) is 2. The molecule has 4 aromatic rings. The molecule has 0 unspecified atom stereocenters. The summed E-state index contributed by atoms with van der Waals surface area (Å²) in [5.74, 6) is -0.134.